The largest absolute Gasteiger partial charge is 0.312 e. The molecule has 0 saturated heterocycles. The zero-order valence-corrected chi connectivity index (χ0v) is 12.6. The van der Waals surface area contributed by atoms with Crippen LogP contribution in [0.2, 0.25) is 0 Å². The Morgan fingerprint density at radius 2 is 1.67 bits per heavy atom. The van der Waals surface area contributed by atoms with Gasteiger partial charge in [0.05, 0.1) is 5.01 Å². The van der Waals surface area contributed by atoms with E-state index in [2.05, 4.69) is 58.8 Å². The molecule has 0 aliphatic carbocycles. The van der Waals surface area contributed by atoms with Crippen LogP contribution in [0, 0.1) is 0 Å². The van der Waals surface area contributed by atoms with Crippen LogP contribution in [0.25, 0.3) is 11.1 Å². The Hall–Kier alpha value is -1.97. The van der Waals surface area contributed by atoms with E-state index in [1.54, 1.807) is 11.3 Å². The first kappa shape index (κ1) is 14.0. The van der Waals surface area contributed by atoms with Gasteiger partial charge in [-0.2, -0.15) is 0 Å². The average Bonchev–Trinajstić information content (AvgIpc) is 3.06. The number of rotatable bonds is 6. The Bertz CT molecular complexity index is 645. The van der Waals surface area contributed by atoms with Gasteiger partial charge in [0.2, 0.25) is 0 Å². The first-order valence-electron chi connectivity index (χ1n) is 7.15. The summed E-state index contributed by atoms with van der Waals surface area (Å²) in [5.41, 5.74) is 3.84. The fourth-order valence-electron chi connectivity index (χ4n) is 2.25. The quantitative estimate of drug-likeness (QED) is 0.691. The summed E-state index contributed by atoms with van der Waals surface area (Å²) >= 11 is 1.72. The Kier molecular flexibility index (Phi) is 4.77. The van der Waals surface area contributed by atoms with Crippen LogP contribution < -0.4 is 5.32 Å². The van der Waals surface area contributed by atoms with Crippen molar-refractivity contribution in [2.75, 3.05) is 6.54 Å². The summed E-state index contributed by atoms with van der Waals surface area (Å²) in [6, 6.07) is 19.2. The molecule has 1 aromatic heterocycles. The summed E-state index contributed by atoms with van der Waals surface area (Å²) in [7, 11) is 0. The number of nitrogens with one attached hydrogen (secondary N) is 1. The van der Waals surface area contributed by atoms with Crippen molar-refractivity contribution in [2.45, 2.75) is 13.0 Å². The molecule has 0 amide bonds. The molecule has 0 unspecified atom stereocenters. The molecule has 0 aliphatic rings. The van der Waals surface area contributed by atoms with Gasteiger partial charge < -0.3 is 5.32 Å². The lowest BCUT2D eigenvalue weighted by Crippen LogP contribution is -2.16. The molecule has 0 radical (unpaired) electrons. The maximum atomic E-state index is 4.28. The van der Waals surface area contributed by atoms with E-state index in [-0.39, 0.29) is 0 Å². The van der Waals surface area contributed by atoms with Crippen LogP contribution >= 0.6 is 11.3 Å². The lowest BCUT2D eigenvalue weighted by molar-refractivity contribution is 0.685. The van der Waals surface area contributed by atoms with Crippen molar-refractivity contribution in [3.05, 3.63) is 76.7 Å². The van der Waals surface area contributed by atoms with Crippen LogP contribution in [-0.2, 0) is 13.0 Å². The molecular weight excluding hydrogens is 276 g/mol. The van der Waals surface area contributed by atoms with Gasteiger partial charge in [-0.3, -0.25) is 0 Å². The molecule has 0 saturated carbocycles. The molecule has 0 spiro atoms. The average molecular weight is 294 g/mol. The lowest BCUT2D eigenvalue weighted by Gasteiger charge is -2.06. The van der Waals surface area contributed by atoms with Crippen molar-refractivity contribution < 1.29 is 0 Å². The highest BCUT2D eigenvalue weighted by atomic mass is 32.1. The molecule has 21 heavy (non-hydrogen) atoms. The minimum atomic E-state index is 0.903. The van der Waals surface area contributed by atoms with Crippen LogP contribution in [0.4, 0.5) is 0 Å². The number of nitrogens with zero attached hydrogens (tertiary/aromatic N) is 1. The molecule has 0 fully saturated rings. The highest BCUT2D eigenvalue weighted by Gasteiger charge is 1.98. The predicted octanol–water partition coefficient (Wildman–Crippen LogP) is 4.14. The first-order valence-corrected chi connectivity index (χ1v) is 8.03. The number of thiazole rings is 1. The topological polar surface area (TPSA) is 24.9 Å². The molecule has 3 aromatic rings. The number of benzene rings is 2. The van der Waals surface area contributed by atoms with E-state index in [9.17, 15) is 0 Å². The van der Waals surface area contributed by atoms with E-state index in [4.69, 9.17) is 0 Å². The normalized spacial score (nSPS) is 10.7. The number of hydrogen-bond acceptors (Lipinski definition) is 3. The number of hydrogen-bond donors (Lipinski definition) is 1. The molecule has 3 rings (SSSR count). The van der Waals surface area contributed by atoms with E-state index < -0.39 is 0 Å². The zero-order valence-electron chi connectivity index (χ0n) is 11.8. The fourth-order valence-corrected chi connectivity index (χ4v) is 2.87. The van der Waals surface area contributed by atoms with E-state index >= 15 is 0 Å². The molecule has 0 aliphatic heterocycles. The highest BCUT2D eigenvalue weighted by molar-refractivity contribution is 7.09. The van der Waals surface area contributed by atoms with Crippen LogP contribution in [0.5, 0.6) is 0 Å². The van der Waals surface area contributed by atoms with Gasteiger partial charge in [0, 0.05) is 31.1 Å². The maximum Gasteiger partial charge on any atom is 0.0937 e. The molecule has 0 atom stereocenters. The van der Waals surface area contributed by atoms with Gasteiger partial charge >= 0.3 is 0 Å². The van der Waals surface area contributed by atoms with Crippen LogP contribution in [0.15, 0.2) is 66.2 Å². The summed E-state index contributed by atoms with van der Waals surface area (Å²) in [5, 5.41) is 6.69. The SMILES string of the molecule is c1ccc(-c2ccc(CNCCc3nccs3)cc2)cc1. The Morgan fingerprint density at radius 3 is 2.38 bits per heavy atom. The van der Waals surface area contributed by atoms with Crippen molar-refractivity contribution in [1.82, 2.24) is 10.3 Å². The summed E-state index contributed by atoms with van der Waals surface area (Å²) in [6.45, 7) is 1.87. The van der Waals surface area contributed by atoms with Gasteiger partial charge in [-0.15, -0.1) is 11.3 Å². The van der Waals surface area contributed by atoms with Crippen LogP contribution in [0.3, 0.4) is 0 Å². The second-order valence-corrected chi connectivity index (χ2v) is 5.89. The summed E-state index contributed by atoms with van der Waals surface area (Å²) < 4.78 is 0. The first-order chi connectivity index (χ1) is 10.4. The minimum Gasteiger partial charge on any atom is -0.312 e. The Labute approximate surface area is 129 Å². The zero-order chi connectivity index (χ0) is 14.3. The highest BCUT2D eigenvalue weighted by Crippen LogP contribution is 2.19. The van der Waals surface area contributed by atoms with E-state index in [0.717, 1.165) is 19.5 Å². The van der Waals surface area contributed by atoms with Crippen molar-refractivity contribution in [2.24, 2.45) is 0 Å². The van der Waals surface area contributed by atoms with E-state index in [1.165, 1.54) is 21.7 Å². The van der Waals surface area contributed by atoms with Crippen LogP contribution in [-0.4, -0.2) is 11.5 Å². The molecule has 3 heteroatoms. The maximum absolute atomic E-state index is 4.28. The third-order valence-electron chi connectivity index (χ3n) is 3.39. The standard InChI is InChI=1S/C18H18N2S/c1-2-4-16(5-3-1)17-8-6-15(7-9-17)14-19-11-10-18-20-12-13-21-18/h1-9,12-13,19H,10-11,14H2. The van der Waals surface area contributed by atoms with Gasteiger partial charge in [0.15, 0.2) is 0 Å². The second-order valence-electron chi connectivity index (χ2n) is 4.92. The van der Waals surface area contributed by atoms with Crippen LogP contribution in [0.1, 0.15) is 10.6 Å². The van der Waals surface area contributed by atoms with Crippen molar-refractivity contribution in [3.8, 4) is 11.1 Å². The van der Waals surface area contributed by atoms with Gasteiger partial charge in [-0.1, -0.05) is 54.6 Å². The molecule has 1 heterocycles. The summed E-state index contributed by atoms with van der Waals surface area (Å²) in [6.07, 6.45) is 2.86. The summed E-state index contributed by atoms with van der Waals surface area (Å²) in [4.78, 5) is 4.28. The van der Waals surface area contributed by atoms with Crippen molar-refractivity contribution in [1.29, 1.82) is 0 Å². The molecule has 0 bridgehead atoms. The van der Waals surface area contributed by atoms with Gasteiger partial charge in [0.25, 0.3) is 0 Å². The Morgan fingerprint density at radius 1 is 0.905 bits per heavy atom. The molecule has 106 valence electrons. The second kappa shape index (κ2) is 7.16. The van der Waals surface area contributed by atoms with Gasteiger partial charge in [-0.25, -0.2) is 4.98 Å². The predicted molar refractivity (Wildman–Crippen MR) is 89.4 cm³/mol. The smallest absolute Gasteiger partial charge is 0.0937 e. The third kappa shape index (κ3) is 4.00. The lowest BCUT2D eigenvalue weighted by atomic mass is 10.0. The van der Waals surface area contributed by atoms with E-state index in [1.807, 2.05) is 17.6 Å². The molecule has 1 N–H and O–H groups in total. The fraction of sp³-hybridized carbons (Fsp3) is 0.167. The van der Waals surface area contributed by atoms with Gasteiger partial charge in [-0.05, 0) is 16.7 Å². The van der Waals surface area contributed by atoms with Crippen molar-refractivity contribution in [3.63, 3.8) is 0 Å². The monoisotopic (exact) mass is 294 g/mol. The molecule has 2 nitrogen and oxygen atoms in total. The van der Waals surface area contributed by atoms with E-state index in [0.29, 0.717) is 0 Å². The third-order valence-corrected chi connectivity index (χ3v) is 4.23. The summed E-state index contributed by atoms with van der Waals surface area (Å²) in [5.74, 6) is 0. The molecular formula is C18H18N2S. The van der Waals surface area contributed by atoms with Crippen molar-refractivity contribution >= 4 is 11.3 Å². The minimum absolute atomic E-state index is 0.903. The Balaban J connectivity index is 1.50. The van der Waals surface area contributed by atoms with Gasteiger partial charge in [0.1, 0.15) is 0 Å². The number of aromatic nitrogens is 1. The molecule has 2 aromatic carbocycles.